The highest BCUT2D eigenvalue weighted by Crippen LogP contribution is 2.33. The van der Waals surface area contributed by atoms with E-state index in [-0.39, 0.29) is 18.4 Å². The third-order valence-electron chi connectivity index (χ3n) is 5.93. The van der Waals surface area contributed by atoms with Crippen molar-refractivity contribution in [3.05, 3.63) is 106 Å². The zero-order chi connectivity index (χ0) is 25.7. The molecule has 0 saturated carbocycles. The summed E-state index contributed by atoms with van der Waals surface area (Å²) in [5.74, 6) is -2.08. The van der Waals surface area contributed by atoms with Gasteiger partial charge in [-0.1, -0.05) is 67.5 Å². The molecule has 1 aromatic heterocycles. The first-order valence-electron chi connectivity index (χ1n) is 12.0. The first-order valence-corrected chi connectivity index (χ1v) is 12.0. The summed E-state index contributed by atoms with van der Waals surface area (Å²) < 4.78 is 29.1. The maximum Gasteiger partial charge on any atom is 0.254 e. The van der Waals surface area contributed by atoms with Crippen molar-refractivity contribution in [2.75, 3.05) is 6.61 Å². The fourth-order valence-corrected chi connectivity index (χ4v) is 4.33. The van der Waals surface area contributed by atoms with E-state index in [2.05, 4.69) is 41.0 Å². The van der Waals surface area contributed by atoms with Gasteiger partial charge in [-0.05, 0) is 47.7 Å². The maximum atomic E-state index is 13.7. The number of hydrogen-bond acceptors (Lipinski definition) is 3. The molecule has 4 aromatic rings. The highest BCUT2D eigenvalue weighted by Gasteiger charge is 2.25. The average molecular weight is 490 g/mol. The minimum absolute atomic E-state index is 0.0469. The van der Waals surface area contributed by atoms with Gasteiger partial charge in [0.25, 0.3) is 5.91 Å². The topological polar surface area (TPSA) is 55.6 Å². The average Bonchev–Trinajstić information content (AvgIpc) is 3.19. The molecule has 7 heteroatoms. The second kappa shape index (κ2) is 11.2. The Morgan fingerprint density at radius 3 is 2.50 bits per heavy atom. The number of nitrogens with one attached hydrogen (secondary N) is 1. The molecule has 0 spiro atoms. The predicted molar refractivity (Wildman–Crippen MR) is 138 cm³/mol. The van der Waals surface area contributed by atoms with Crippen molar-refractivity contribution in [1.29, 1.82) is 0 Å². The van der Waals surface area contributed by atoms with Gasteiger partial charge in [0.05, 0.1) is 17.3 Å². The van der Waals surface area contributed by atoms with Crippen molar-refractivity contribution in [1.82, 2.24) is 9.88 Å². The number of oxime groups is 1. The van der Waals surface area contributed by atoms with Crippen LogP contribution in [0.1, 0.15) is 59.4 Å². The highest BCUT2D eigenvalue weighted by molar-refractivity contribution is 6.09. The minimum Gasteiger partial charge on any atom is -0.396 e. The molecule has 36 heavy (non-hydrogen) atoms. The quantitative estimate of drug-likeness (QED) is 0.219. The molecule has 1 heterocycles. The number of nitrogens with zero attached hydrogens (tertiary/aromatic N) is 2. The van der Waals surface area contributed by atoms with Gasteiger partial charge in [0, 0.05) is 24.2 Å². The summed E-state index contributed by atoms with van der Waals surface area (Å²) in [4.78, 5) is 18.7. The number of halogens is 2. The van der Waals surface area contributed by atoms with E-state index in [1.165, 1.54) is 6.07 Å². The molecule has 0 saturated heterocycles. The van der Waals surface area contributed by atoms with Crippen LogP contribution in [0, 0.1) is 11.6 Å². The van der Waals surface area contributed by atoms with Crippen LogP contribution in [0.4, 0.5) is 8.78 Å². The number of fused-ring (bicyclic) bond motifs is 1. The Balaban J connectivity index is 1.78. The van der Waals surface area contributed by atoms with E-state index < -0.39 is 11.6 Å². The number of benzene rings is 3. The van der Waals surface area contributed by atoms with Crippen LogP contribution >= 0.6 is 0 Å². The number of amides is 1. The Hall–Kier alpha value is -4.00. The second-order valence-corrected chi connectivity index (χ2v) is 8.85. The number of carbonyl (C=O) groups is 1. The highest BCUT2D eigenvalue weighted by atomic mass is 19.2. The van der Waals surface area contributed by atoms with Crippen LogP contribution in [-0.2, 0) is 17.9 Å². The molecular weight excluding hydrogens is 460 g/mol. The van der Waals surface area contributed by atoms with E-state index in [4.69, 9.17) is 4.84 Å². The molecule has 0 bridgehead atoms. The van der Waals surface area contributed by atoms with Gasteiger partial charge in [0.1, 0.15) is 6.61 Å². The number of rotatable bonds is 9. The third kappa shape index (κ3) is 5.46. The lowest BCUT2D eigenvalue weighted by atomic mass is 10.0. The van der Waals surface area contributed by atoms with E-state index in [1.54, 1.807) is 6.21 Å². The van der Waals surface area contributed by atoms with Gasteiger partial charge in [-0.3, -0.25) is 4.79 Å². The Labute approximate surface area is 209 Å². The van der Waals surface area contributed by atoms with E-state index in [0.29, 0.717) is 24.3 Å². The monoisotopic (exact) mass is 489 g/mol. The third-order valence-corrected chi connectivity index (χ3v) is 5.93. The van der Waals surface area contributed by atoms with Crippen molar-refractivity contribution in [2.45, 2.75) is 39.8 Å². The molecule has 5 nitrogen and oxygen atoms in total. The van der Waals surface area contributed by atoms with Crippen LogP contribution in [0.25, 0.3) is 10.9 Å². The summed E-state index contributed by atoms with van der Waals surface area (Å²) in [5.41, 5.74) is 4.82. The summed E-state index contributed by atoms with van der Waals surface area (Å²) in [6.07, 6.45) is 1.65. The summed E-state index contributed by atoms with van der Waals surface area (Å²) >= 11 is 0. The number of carbonyl (C=O) groups excluding carboxylic acids is 1. The fraction of sp³-hybridized carbons (Fsp3) is 0.241. The summed E-state index contributed by atoms with van der Waals surface area (Å²) in [6, 6.07) is 19.5. The SMILES string of the molecule is CCO/N=C/c1ccc2c(C(=O)NCc3ccc(F)c(F)c3)c(C(C)C)n(Cc3ccccc3)c2c1. The number of aromatic nitrogens is 1. The Kier molecular flexibility index (Phi) is 7.78. The van der Waals surface area contributed by atoms with E-state index in [1.807, 2.05) is 43.3 Å². The molecule has 1 amide bonds. The standard InChI is InChI=1S/C29H29F2N3O2/c1-4-36-33-17-22-10-12-23-26(15-22)34(18-20-8-6-5-7-9-20)28(19(2)3)27(23)29(35)32-16-21-11-13-24(30)25(31)14-21/h5-15,17,19H,4,16,18H2,1-3H3,(H,32,35)/b33-17+. The lowest BCUT2D eigenvalue weighted by Crippen LogP contribution is -2.24. The lowest BCUT2D eigenvalue weighted by Gasteiger charge is -2.16. The lowest BCUT2D eigenvalue weighted by molar-refractivity contribution is 0.0951. The Bertz CT molecular complexity index is 1390. The predicted octanol–water partition coefficient (Wildman–Crippen LogP) is 6.39. The van der Waals surface area contributed by atoms with Gasteiger partial charge in [0.2, 0.25) is 0 Å². The molecule has 1 N–H and O–H groups in total. The smallest absolute Gasteiger partial charge is 0.254 e. The van der Waals surface area contributed by atoms with Gasteiger partial charge in [-0.2, -0.15) is 0 Å². The minimum atomic E-state index is -0.940. The van der Waals surface area contributed by atoms with Crippen LogP contribution in [0.15, 0.2) is 71.9 Å². The molecule has 0 fully saturated rings. The Morgan fingerprint density at radius 2 is 1.81 bits per heavy atom. The molecule has 4 rings (SSSR count). The zero-order valence-corrected chi connectivity index (χ0v) is 20.6. The van der Waals surface area contributed by atoms with Crippen LogP contribution in [0.2, 0.25) is 0 Å². The molecule has 186 valence electrons. The molecule has 0 unspecified atom stereocenters. The van der Waals surface area contributed by atoms with Crippen LogP contribution in [0.5, 0.6) is 0 Å². The van der Waals surface area contributed by atoms with E-state index in [0.717, 1.165) is 39.9 Å². The van der Waals surface area contributed by atoms with Crippen molar-refractivity contribution in [3.8, 4) is 0 Å². The first-order chi connectivity index (χ1) is 17.4. The zero-order valence-electron chi connectivity index (χ0n) is 20.6. The molecule has 0 atom stereocenters. The van der Waals surface area contributed by atoms with Gasteiger partial charge in [0.15, 0.2) is 11.6 Å². The van der Waals surface area contributed by atoms with Gasteiger partial charge >= 0.3 is 0 Å². The second-order valence-electron chi connectivity index (χ2n) is 8.85. The van der Waals surface area contributed by atoms with Gasteiger partial charge in [-0.25, -0.2) is 8.78 Å². The molecule has 3 aromatic carbocycles. The van der Waals surface area contributed by atoms with Crippen molar-refractivity contribution < 1.29 is 18.4 Å². The molecule has 0 aliphatic heterocycles. The summed E-state index contributed by atoms with van der Waals surface area (Å²) in [5, 5.41) is 7.69. The Morgan fingerprint density at radius 1 is 1.03 bits per heavy atom. The normalized spacial score (nSPS) is 11.5. The largest absolute Gasteiger partial charge is 0.396 e. The van der Waals surface area contributed by atoms with Crippen LogP contribution in [-0.4, -0.2) is 23.3 Å². The van der Waals surface area contributed by atoms with Gasteiger partial charge < -0.3 is 14.7 Å². The molecule has 0 aliphatic rings. The maximum absolute atomic E-state index is 13.7. The summed E-state index contributed by atoms with van der Waals surface area (Å²) in [7, 11) is 0. The summed E-state index contributed by atoms with van der Waals surface area (Å²) in [6.45, 7) is 7.12. The first kappa shape index (κ1) is 25.1. The van der Waals surface area contributed by atoms with Crippen molar-refractivity contribution >= 4 is 23.0 Å². The molecular formula is C29H29F2N3O2. The molecule has 0 radical (unpaired) electrons. The van der Waals surface area contributed by atoms with Gasteiger partial charge in [-0.15, -0.1) is 0 Å². The van der Waals surface area contributed by atoms with Crippen molar-refractivity contribution in [3.63, 3.8) is 0 Å². The van der Waals surface area contributed by atoms with Crippen molar-refractivity contribution in [2.24, 2.45) is 5.16 Å². The number of hydrogen-bond donors (Lipinski definition) is 1. The van der Waals surface area contributed by atoms with Crippen LogP contribution in [0.3, 0.4) is 0 Å². The van der Waals surface area contributed by atoms with E-state index >= 15 is 0 Å². The van der Waals surface area contributed by atoms with Crippen LogP contribution < -0.4 is 5.32 Å². The molecule has 0 aliphatic carbocycles. The van der Waals surface area contributed by atoms with E-state index in [9.17, 15) is 13.6 Å². The fourth-order valence-electron chi connectivity index (χ4n) is 4.33.